The third-order valence-electron chi connectivity index (χ3n) is 2.81. The van der Waals surface area contributed by atoms with E-state index in [1.807, 2.05) is 13.8 Å². The van der Waals surface area contributed by atoms with Crippen molar-refractivity contribution in [3.63, 3.8) is 0 Å². The van der Waals surface area contributed by atoms with E-state index in [9.17, 15) is 14.7 Å². The molecule has 0 aliphatic carbocycles. The molecule has 0 spiro atoms. The van der Waals surface area contributed by atoms with Crippen molar-refractivity contribution in [1.82, 2.24) is 9.88 Å². The van der Waals surface area contributed by atoms with Crippen molar-refractivity contribution in [2.45, 2.75) is 39.7 Å². The highest BCUT2D eigenvalue weighted by molar-refractivity contribution is 5.84. The normalized spacial score (nSPS) is 12.5. The molecule has 0 aliphatic rings. The van der Waals surface area contributed by atoms with Gasteiger partial charge in [-0.15, -0.1) is 0 Å². The minimum absolute atomic E-state index is 0.0216. The van der Waals surface area contributed by atoms with Gasteiger partial charge in [-0.1, -0.05) is 13.8 Å². The van der Waals surface area contributed by atoms with Crippen LogP contribution in [0.5, 0.6) is 0 Å². The molecule has 1 atom stereocenters. The van der Waals surface area contributed by atoms with Gasteiger partial charge in [0, 0.05) is 7.05 Å². The van der Waals surface area contributed by atoms with Crippen molar-refractivity contribution in [2.24, 2.45) is 5.92 Å². The van der Waals surface area contributed by atoms with Crippen LogP contribution in [0, 0.1) is 12.8 Å². The van der Waals surface area contributed by atoms with E-state index in [0.717, 1.165) is 0 Å². The second kappa shape index (κ2) is 6.36. The highest BCUT2D eigenvalue weighted by Crippen LogP contribution is 2.12. The summed E-state index contributed by atoms with van der Waals surface area (Å²) in [6, 6.07) is -0.816. The average molecular weight is 268 g/mol. The number of amides is 1. The van der Waals surface area contributed by atoms with Crippen LogP contribution in [0.25, 0.3) is 0 Å². The van der Waals surface area contributed by atoms with Gasteiger partial charge in [-0.05, 0) is 19.3 Å². The van der Waals surface area contributed by atoms with Crippen LogP contribution in [0.1, 0.15) is 31.9 Å². The fraction of sp³-hybridized carbons (Fsp3) is 0.615. The van der Waals surface area contributed by atoms with E-state index >= 15 is 0 Å². The summed E-state index contributed by atoms with van der Waals surface area (Å²) in [5, 5.41) is 9.18. The van der Waals surface area contributed by atoms with Crippen LogP contribution in [-0.4, -0.2) is 40.0 Å². The Labute approximate surface area is 112 Å². The molecule has 0 aliphatic heterocycles. The third kappa shape index (κ3) is 4.39. The Kier molecular flexibility index (Phi) is 5.09. The number of carbonyl (C=O) groups excluding carboxylic acids is 1. The van der Waals surface area contributed by atoms with Crippen LogP contribution in [0.15, 0.2) is 10.7 Å². The average Bonchev–Trinajstić information content (AvgIpc) is 2.70. The molecule has 1 aromatic heterocycles. The molecule has 0 fully saturated rings. The van der Waals surface area contributed by atoms with E-state index in [1.54, 1.807) is 6.92 Å². The zero-order valence-corrected chi connectivity index (χ0v) is 11.7. The second-order valence-electron chi connectivity index (χ2n) is 5.05. The van der Waals surface area contributed by atoms with E-state index in [1.165, 1.54) is 18.2 Å². The first-order valence-electron chi connectivity index (χ1n) is 6.20. The Hall–Kier alpha value is -1.85. The number of hydrogen-bond acceptors (Lipinski definition) is 4. The third-order valence-corrected chi connectivity index (χ3v) is 2.81. The van der Waals surface area contributed by atoms with Gasteiger partial charge in [0.15, 0.2) is 0 Å². The molecular weight excluding hydrogens is 248 g/mol. The van der Waals surface area contributed by atoms with Gasteiger partial charge in [-0.25, -0.2) is 9.78 Å². The molecule has 1 unspecified atom stereocenters. The molecule has 1 amide bonds. The Morgan fingerprint density at radius 2 is 2.11 bits per heavy atom. The van der Waals surface area contributed by atoms with Gasteiger partial charge in [0.1, 0.15) is 18.7 Å². The number of aliphatic carboxylic acids is 1. The maximum atomic E-state index is 12.0. The van der Waals surface area contributed by atoms with E-state index in [-0.39, 0.29) is 18.2 Å². The molecule has 0 saturated carbocycles. The standard InChI is InChI=1S/C13H20N2O4/c1-8(2)5-10(13(17)18)15(4)12(16)6-11-14-9(3)7-19-11/h7-8,10H,5-6H2,1-4H3,(H,17,18). The van der Waals surface area contributed by atoms with E-state index in [0.29, 0.717) is 18.0 Å². The number of carbonyl (C=O) groups is 2. The van der Waals surface area contributed by atoms with E-state index in [4.69, 9.17) is 4.42 Å². The van der Waals surface area contributed by atoms with Crippen molar-refractivity contribution in [2.75, 3.05) is 7.05 Å². The number of rotatable bonds is 6. The molecule has 1 heterocycles. The molecule has 0 aromatic carbocycles. The maximum Gasteiger partial charge on any atom is 0.326 e. The maximum absolute atomic E-state index is 12.0. The molecule has 1 rings (SSSR count). The summed E-state index contributed by atoms with van der Waals surface area (Å²) in [5.41, 5.74) is 0.697. The van der Waals surface area contributed by atoms with Gasteiger partial charge in [0.2, 0.25) is 11.8 Å². The number of hydrogen-bond donors (Lipinski definition) is 1. The summed E-state index contributed by atoms with van der Waals surface area (Å²) in [7, 11) is 1.50. The molecule has 19 heavy (non-hydrogen) atoms. The van der Waals surface area contributed by atoms with Gasteiger partial charge in [-0.2, -0.15) is 0 Å². The predicted octanol–water partition coefficient (Wildman–Crippen LogP) is 1.48. The number of oxazole rings is 1. The summed E-state index contributed by atoms with van der Waals surface area (Å²) < 4.78 is 5.10. The number of carboxylic acid groups (broad SMARTS) is 1. The summed E-state index contributed by atoms with van der Waals surface area (Å²) in [4.78, 5) is 28.5. The van der Waals surface area contributed by atoms with Crippen LogP contribution in [-0.2, 0) is 16.0 Å². The van der Waals surface area contributed by atoms with E-state index < -0.39 is 12.0 Å². The van der Waals surface area contributed by atoms with Crippen molar-refractivity contribution in [3.8, 4) is 0 Å². The minimum Gasteiger partial charge on any atom is -0.480 e. The van der Waals surface area contributed by atoms with Gasteiger partial charge < -0.3 is 14.4 Å². The first kappa shape index (κ1) is 15.2. The number of nitrogens with zero attached hydrogens (tertiary/aromatic N) is 2. The molecule has 1 N–H and O–H groups in total. The number of carboxylic acids is 1. The monoisotopic (exact) mass is 268 g/mol. The van der Waals surface area contributed by atoms with Crippen LogP contribution in [0.2, 0.25) is 0 Å². The van der Waals surface area contributed by atoms with Gasteiger partial charge >= 0.3 is 5.97 Å². The second-order valence-corrected chi connectivity index (χ2v) is 5.05. The zero-order valence-electron chi connectivity index (χ0n) is 11.7. The molecule has 106 valence electrons. The Morgan fingerprint density at radius 1 is 1.47 bits per heavy atom. The van der Waals surface area contributed by atoms with Crippen LogP contribution < -0.4 is 0 Å². The zero-order chi connectivity index (χ0) is 14.6. The summed E-state index contributed by atoms with van der Waals surface area (Å²) in [6.07, 6.45) is 1.86. The molecule has 0 saturated heterocycles. The van der Waals surface area contributed by atoms with Crippen molar-refractivity contribution >= 4 is 11.9 Å². The van der Waals surface area contributed by atoms with Crippen molar-refractivity contribution in [1.29, 1.82) is 0 Å². The van der Waals surface area contributed by atoms with Crippen molar-refractivity contribution in [3.05, 3.63) is 17.8 Å². The van der Waals surface area contributed by atoms with Crippen molar-refractivity contribution < 1.29 is 19.1 Å². The lowest BCUT2D eigenvalue weighted by molar-refractivity contribution is -0.149. The smallest absolute Gasteiger partial charge is 0.326 e. The summed E-state index contributed by atoms with van der Waals surface area (Å²) in [6.45, 7) is 5.61. The minimum atomic E-state index is -0.992. The summed E-state index contributed by atoms with van der Waals surface area (Å²) in [5.74, 6) is -0.800. The van der Waals surface area contributed by atoms with E-state index in [2.05, 4.69) is 4.98 Å². The Morgan fingerprint density at radius 3 is 2.53 bits per heavy atom. The molecule has 0 radical (unpaired) electrons. The molecule has 0 bridgehead atoms. The van der Waals surface area contributed by atoms with Crippen LogP contribution in [0.4, 0.5) is 0 Å². The van der Waals surface area contributed by atoms with Gasteiger partial charge in [0.05, 0.1) is 5.69 Å². The van der Waals surface area contributed by atoms with Crippen LogP contribution in [0.3, 0.4) is 0 Å². The molecule has 6 heteroatoms. The lowest BCUT2D eigenvalue weighted by Gasteiger charge is -2.25. The lowest BCUT2D eigenvalue weighted by atomic mass is 10.0. The SMILES string of the molecule is Cc1coc(CC(=O)N(C)C(CC(C)C)C(=O)O)n1. The highest BCUT2D eigenvalue weighted by Gasteiger charge is 2.27. The number of aryl methyl sites for hydroxylation is 1. The predicted molar refractivity (Wildman–Crippen MR) is 68.6 cm³/mol. The molecular formula is C13H20N2O4. The first-order chi connectivity index (χ1) is 8.81. The molecule has 6 nitrogen and oxygen atoms in total. The van der Waals surface area contributed by atoms with Gasteiger partial charge in [-0.3, -0.25) is 4.79 Å². The first-order valence-corrected chi connectivity index (χ1v) is 6.20. The largest absolute Gasteiger partial charge is 0.480 e. The fourth-order valence-electron chi connectivity index (χ4n) is 1.78. The number of aromatic nitrogens is 1. The van der Waals surface area contributed by atoms with Crippen LogP contribution >= 0.6 is 0 Å². The topological polar surface area (TPSA) is 83.6 Å². The van der Waals surface area contributed by atoms with Gasteiger partial charge in [0.25, 0.3) is 0 Å². The Bertz CT molecular complexity index is 453. The Balaban J connectivity index is 2.70. The molecule has 1 aromatic rings. The highest BCUT2D eigenvalue weighted by atomic mass is 16.4. The lowest BCUT2D eigenvalue weighted by Crippen LogP contribution is -2.43. The summed E-state index contributed by atoms with van der Waals surface area (Å²) >= 11 is 0. The fourth-order valence-corrected chi connectivity index (χ4v) is 1.78. The quantitative estimate of drug-likeness (QED) is 0.845. The number of likely N-dealkylation sites (N-methyl/N-ethyl adjacent to an activating group) is 1.